The van der Waals surface area contributed by atoms with Gasteiger partial charge in [-0.2, -0.15) is 0 Å². The monoisotopic (exact) mass is 325 g/mol. The molecule has 22 heavy (non-hydrogen) atoms. The van der Waals surface area contributed by atoms with Crippen LogP contribution >= 0.6 is 0 Å². The average Bonchev–Trinajstić information content (AvgIpc) is 2.85. The van der Waals surface area contributed by atoms with Crippen molar-refractivity contribution < 1.29 is 13.2 Å². The molecule has 1 aromatic rings. The predicted molar refractivity (Wildman–Crippen MR) is 81.1 cm³/mol. The minimum Gasteiger partial charge on any atom is -0.337 e. The van der Waals surface area contributed by atoms with Gasteiger partial charge in [0, 0.05) is 44.8 Å². The van der Waals surface area contributed by atoms with E-state index in [2.05, 4.69) is 0 Å². The van der Waals surface area contributed by atoms with E-state index in [1.165, 1.54) is 21.2 Å². The lowest BCUT2D eigenvalue weighted by Gasteiger charge is -2.47. The molecule has 120 valence electrons. The summed E-state index contributed by atoms with van der Waals surface area (Å²) in [4.78, 5) is 26.0. The van der Waals surface area contributed by atoms with E-state index in [9.17, 15) is 18.0 Å². The first-order chi connectivity index (χ1) is 10.2. The van der Waals surface area contributed by atoms with Crippen molar-refractivity contribution in [3.05, 3.63) is 34.2 Å². The molecule has 2 aliphatic heterocycles. The minimum absolute atomic E-state index is 0.140. The van der Waals surface area contributed by atoms with Crippen LogP contribution in [0.3, 0.4) is 0 Å². The molecule has 0 radical (unpaired) electrons. The summed E-state index contributed by atoms with van der Waals surface area (Å²) in [5, 5.41) is 0. The maximum Gasteiger partial charge on any atom is 0.263 e. The molecule has 0 saturated carbocycles. The van der Waals surface area contributed by atoms with Crippen molar-refractivity contribution in [2.45, 2.75) is 6.42 Å². The van der Waals surface area contributed by atoms with Gasteiger partial charge < -0.3 is 9.47 Å². The van der Waals surface area contributed by atoms with Crippen molar-refractivity contribution in [1.82, 2.24) is 13.8 Å². The van der Waals surface area contributed by atoms with Crippen molar-refractivity contribution >= 4 is 15.9 Å². The summed E-state index contributed by atoms with van der Waals surface area (Å²) in [7, 11) is -1.57. The Labute approximate surface area is 129 Å². The fourth-order valence-electron chi connectivity index (χ4n) is 3.27. The number of sulfonamides is 1. The molecule has 3 heterocycles. The van der Waals surface area contributed by atoms with E-state index in [1.807, 2.05) is 0 Å². The Morgan fingerprint density at radius 2 is 1.95 bits per heavy atom. The number of aromatic nitrogens is 1. The van der Waals surface area contributed by atoms with E-state index in [4.69, 9.17) is 0 Å². The zero-order valence-corrected chi connectivity index (χ0v) is 13.5. The van der Waals surface area contributed by atoms with Crippen molar-refractivity contribution in [2.75, 3.05) is 32.4 Å². The third-order valence-corrected chi connectivity index (χ3v) is 5.82. The van der Waals surface area contributed by atoms with Crippen LogP contribution in [0.5, 0.6) is 0 Å². The van der Waals surface area contributed by atoms with Gasteiger partial charge in [-0.3, -0.25) is 9.59 Å². The fraction of sp³-hybridized carbons (Fsp3) is 0.571. The number of amides is 1. The largest absolute Gasteiger partial charge is 0.337 e. The van der Waals surface area contributed by atoms with Gasteiger partial charge in [0.1, 0.15) is 5.56 Å². The fourth-order valence-corrected chi connectivity index (χ4v) is 4.20. The number of carbonyl (C=O) groups excluding carboxylic acids is 1. The van der Waals surface area contributed by atoms with Crippen LogP contribution in [0.25, 0.3) is 0 Å². The summed E-state index contributed by atoms with van der Waals surface area (Å²) < 4.78 is 26.0. The Morgan fingerprint density at radius 3 is 2.55 bits per heavy atom. The number of hydrogen-bond acceptors (Lipinski definition) is 4. The lowest BCUT2D eigenvalue weighted by Crippen LogP contribution is -2.60. The van der Waals surface area contributed by atoms with Crippen LogP contribution in [-0.2, 0) is 17.1 Å². The third-order valence-electron chi connectivity index (χ3n) is 4.57. The van der Waals surface area contributed by atoms with E-state index >= 15 is 0 Å². The Bertz CT molecular complexity index is 778. The van der Waals surface area contributed by atoms with Crippen molar-refractivity contribution in [3.63, 3.8) is 0 Å². The second-order valence-electron chi connectivity index (χ2n) is 6.35. The number of carbonyl (C=O) groups is 1. The number of hydrogen-bond donors (Lipinski definition) is 0. The van der Waals surface area contributed by atoms with Gasteiger partial charge in [-0.15, -0.1) is 0 Å². The summed E-state index contributed by atoms with van der Waals surface area (Å²) in [6.45, 7) is 1.99. The summed E-state index contributed by atoms with van der Waals surface area (Å²) in [6, 6.07) is 3.21. The number of pyridine rings is 1. The first kappa shape index (κ1) is 15.2. The zero-order valence-electron chi connectivity index (χ0n) is 12.7. The van der Waals surface area contributed by atoms with Crippen molar-refractivity contribution in [1.29, 1.82) is 0 Å². The van der Waals surface area contributed by atoms with E-state index in [0.29, 0.717) is 26.2 Å². The highest BCUT2D eigenvalue weighted by atomic mass is 32.2. The number of nitrogens with zero attached hydrogens (tertiary/aromatic N) is 3. The Hall–Kier alpha value is -1.67. The topological polar surface area (TPSA) is 79.7 Å². The van der Waals surface area contributed by atoms with E-state index in [0.717, 1.165) is 6.42 Å². The van der Waals surface area contributed by atoms with Crippen LogP contribution in [0, 0.1) is 5.41 Å². The van der Waals surface area contributed by atoms with Gasteiger partial charge in [0.05, 0.1) is 6.26 Å². The standard InChI is InChI=1S/C14H19N3O4S/c1-15-6-3-4-11(12(15)18)13(19)16-8-14(9-16)5-7-17(10-14)22(2,20)21/h3-4,6H,5,7-10H2,1-2H3. The molecule has 0 N–H and O–H groups in total. The van der Waals surface area contributed by atoms with Crippen LogP contribution in [0.15, 0.2) is 23.1 Å². The van der Waals surface area contributed by atoms with Crippen LogP contribution < -0.4 is 5.56 Å². The number of rotatable bonds is 2. The average molecular weight is 325 g/mol. The van der Waals surface area contributed by atoms with E-state index in [-0.39, 0.29) is 22.4 Å². The second kappa shape index (κ2) is 4.92. The maximum atomic E-state index is 12.4. The molecule has 1 spiro atoms. The molecular formula is C14H19N3O4S. The quantitative estimate of drug-likeness (QED) is 0.734. The van der Waals surface area contributed by atoms with Crippen LogP contribution in [-0.4, -0.2) is 60.5 Å². The SMILES string of the molecule is Cn1cccc(C(=O)N2CC3(CCN(S(C)(=O)=O)C3)C2)c1=O. The van der Waals surface area contributed by atoms with Crippen LogP contribution in [0.4, 0.5) is 0 Å². The normalized spacial score (nSPS) is 21.1. The molecule has 2 fully saturated rings. The number of aryl methyl sites for hydroxylation is 1. The van der Waals surface area contributed by atoms with Gasteiger partial charge in [0.25, 0.3) is 11.5 Å². The van der Waals surface area contributed by atoms with Crippen molar-refractivity contribution in [3.8, 4) is 0 Å². The molecule has 0 atom stereocenters. The molecule has 1 aromatic heterocycles. The minimum atomic E-state index is -3.18. The third kappa shape index (κ3) is 2.46. The molecule has 7 nitrogen and oxygen atoms in total. The predicted octanol–water partition coefficient (Wildman–Crippen LogP) is -0.507. The first-order valence-corrected chi connectivity index (χ1v) is 8.97. The van der Waals surface area contributed by atoms with E-state index < -0.39 is 10.0 Å². The Balaban J connectivity index is 1.70. The van der Waals surface area contributed by atoms with Crippen molar-refractivity contribution in [2.24, 2.45) is 12.5 Å². The molecular weight excluding hydrogens is 306 g/mol. The van der Waals surface area contributed by atoms with Gasteiger partial charge in [-0.1, -0.05) is 0 Å². The molecule has 3 rings (SSSR count). The molecule has 0 aliphatic carbocycles. The van der Waals surface area contributed by atoms with E-state index in [1.54, 1.807) is 24.2 Å². The highest BCUT2D eigenvalue weighted by Gasteiger charge is 2.51. The summed E-state index contributed by atoms with van der Waals surface area (Å²) in [5.74, 6) is -0.273. The molecule has 0 unspecified atom stereocenters. The molecule has 2 aliphatic rings. The lowest BCUT2D eigenvalue weighted by molar-refractivity contribution is 0.0134. The smallest absolute Gasteiger partial charge is 0.263 e. The zero-order chi connectivity index (χ0) is 16.1. The second-order valence-corrected chi connectivity index (χ2v) is 8.33. The highest BCUT2D eigenvalue weighted by Crippen LogP contribution is 2.40. The Morgan fingerprint density at radius 1 is 1.27 bits per heavy atom. The molecule has 0 aromatic carbocycles. The summed E-state index contributed by atoms with van der Waals surface area (Å²) in [6.07, 6.45) is 3.58. The van der Waals surface area contributed by atoms with Gasteiger partial charge in [-0.25, -0.2) is 12.7 Å². The summed E-state index contributed by atoms with van der Waals surface area (Å²) >= 11 is 0. The Kier molecular flexibility index (Phi) is 3.41. The van der Waals surface area contributed by atoms with Gasteiger partial charge in [0.15, 0.2) is 0 Å². The van der Waals surface area contributed by atoms with Crippen LogP contribution in [0.2, 0.25) is 0 Å². The number of likely N-dealkylation sites (tertiary alicyclic amines) is 1. The van der Waals surface area contributed by atoms with Gasteiger partial charge in [-0.05, 0) is 18.6 Å². The molecule has 1 amide bonds. The first-order valence-electron chi connectivity index (χ1n) is 7.12. The molecule has 8 heteroatoms. The summed E-state index contributed by atoms with van der Waals surface area (Å²) in [5.41, 5.74) is -0.283. The highest BCUT2D eigenvalue weighted by molar-refractivity contribution is 7.88. The maximum absolute atomic E-state index is 12.4. The van der Waals surface area contributed by atoms with Gasteiger partial charge in [0.2, 0.25) is 10.0 Å². The van der Waals surface area contributed by atoms with Crippen LogP contribution in [0.1, 0.15) is 16.8 Å². The molecule has 0 bridgehead atoms. The lowest BCUT2D eigenvalue weighted by atomic mass is 9.79. The van der Waals surface area contributed by atoms with Gasteiger partial charge >= 0.3 is 0 Å². The molecule has 2 saturated heterocycles.